The van der Waals surface area contributed by atoms with E-state index < -0.39 is 0 Å². The zero-order valence-electron chi connectivity index (χ0n) is 11.5. The Labute approximate surface area is 113 Å². The molecule has 1 N–H and O–H groups in total. The number of likely N-dealkylation sites (N-methyl/N-ethyl adjacent to an activating group) is 1. The van der Waals surface area contributed by atoms with E-state index >= 15 is 0 Å². The van der Waals surface area contributed by atoms with Crippen molar-refractivity contribution in [2.45, 2.75) is 33.9 Å². The fraction of sp³-hybridized carbons (Fsp3) is 0.667. The van der Waals surface area contributed by atoms with Crippen LogP contribution in [0.5, 0.6) is 0 Å². The van der Waals surface area contributed by atoms with E-state index in [1.165, 1.54) is 0 Å². The first-order valence-electron chi connectivity index (χ1n) is 6.17. The number of halogens is 1. The van der Waals surface area contributed by atoms with Crippen LogP contribution in [0.4, 0.5) is 0 Å². The predicted octanol–water partition coefficient (Wildman–Crippen LogP) is 1.43. The van der Waals surface area contributed by atoms with Crippen LogP contribution in [0.1, 0.15) is 25.2 Å². The van der Waals surface area contributed by atoms with Crippen LogP contribution in [0.3, 0.4) is 0 Å². The summed E-state index contributed by atoms with van der Waals surface area (Å²) in [5, 5.41) is 8.12. The second-order valence-corrected chi connectivity index (χ2v) is 4.55. The maximum Gasteiger partial charge on any atom is 0.236 e. The summed E-state index contributed by atoms with van der Waals surface area (Å²) in [6, 6.07) is 0. The quantitative estimate of drug-likeness (QED) is 0.852. The van der Waals surface area contributed by atoms with Gasteiger partial charge in [0.2, 0.25) is 5.91 Å². The highest BCUT2D eigenvalue weighted by molar-refractivity contribution is 6.31. The second kappa shape index (κ2) is 6.75. The Morgan fingerprint density at radius 1 is 1.50 bits per heavy atom. The van der Waals surface area contributed by atoms with E-state index in [9.17, 15) is 4.79 Å². The van der Waals surface area contributed by atoms with Crippen molar-refractivity contribution in [2.75, 3.05) is 20.1 Å². The molecule has 0 aliphatic heterocycles. The highest BCUT2D eigenvalue weighted by Gasteiger charge is 2.13. The summed E-state index contributed by atoms with van der Waals surface area (Å²) in [6.07, 6.45) is 0. The summed E-state index contributed by atoms with van der Waals surface area (Å²) in [5.74, 6) is 0.0768. The molecule has 0 spiro atoms. The van der Waals surface area contributed by atoms with Gasteiger partial charge in [0.1, 0.15) is 0 Å². The first kappa shape index (κ1) is 15.0. The molecule has 0 bridgehead atoms. The van der Waals surface area contributed by atoms with Gasteiger partial charge >= 0.3 is 0 Å². The van der Waals surface area contributed by atoms with Crippen LogP contribution >= 0.6 is 11.6 Å². The van der Waals surface area contributed by atoms with E-state index in [1.54, 1.807) is 11.9 Å². The molecular weight excluding hydrogens is 252 g/mol. The van der Waals surface area contributed by atoms with Gasteiger partial charge in [-0.05, 0) is 20.8 Å². The average Bonchev–Trinajstić information content (AvgIpc) is 2.65. The van der Waals surface area contributed by atoms with Gasteiger partial charge in [0.05, 0.1) is 23.0 Å². The standard InChI is InChI=1S/C12H21ClN4O/c1-5-16(4)11(18)8-14-7-10-12(13)9(3)15-17(10)6-2/h14H,5-8H2,1-4H3. The van der Waals surface area contributed by atoms with E-state index in [1.807, 2.05) is 25.5 Å². The third kappa shape index (κ3) is 3.46. The number of nitrogens with one attached hydrogen (secondary N) is 1. The number of aromatic nitrogens is 2. The number of hydrogen-bond donors (Lipinski definition) is 1. The van der Waals surface area contributed by atoms with Crippen molar-refractivity contribution >= 4 is 17.5 Å². The Kier molecular flexibility index (Phi) is 5.62. The smallest absolute Gasteiger partial charge is 0.236 e. The van der Waals surface area contributed by atoms with E-state index in [0.29, 0.717) is 24.7 Å². The molecule has 1 rings (SSSR count). The number of hydrogen-bond acceptors (Lipinski definition) is 3. The van der Waals surface area contributed by atoms with E-state index in [2.05, 4.69) is 10.4 Å². The van der Waals surface area contributed by atoms with Gasteiger partial charge in [-0.1, -0.05) is 11.6 Å². The lowest BCUT2D eigenvalue weighted by atomic mass is 10.3. The Bertz CT molecular complexity index is 416. The molecule has 0 aliphatic carbocycles. The highest BCUT2D eigenvalue weighted by Crippen LogP contribution is 2.19. The molecule has 0 unspecified atom stereocenters. The number of amides is 1. The average molecular weight is 273 g/mol. The first-order chi connectivity index (χ1) is 8.51. The minimum atomic E-state index is 0.0768. The van der Waals surface area contributed by atoms with E-state index in [4.69, 9.17) is 11.6 Å². The Morgan fingerprint density at radius 3 is 2.72 bits per heavy atom. The van der Waals surface area contributed by atoms with Gasteiger partial charge in [0.25, 0.3) is 0 Å². The molecule has 1 heterocycles. The van der Waals surface area contributed by atoms with Crippen LogP contribution in [-0.2, 0) is 17.9 Å². The number of nitrogens with zero attached hydrogens (tertiary/aromatic N) is 3. The molecular formula is C12H21ClN4O. The van der Waals surface area contributed by atoms with Gasteiger partial charge in [0.15, 0.2) is 0 Å². The van der Waals surface area contributed by atoms with Gasteiger partial charge in [-0.25, -0.2) is 0 Å². The Morgan fingerprint density at radius 2 is 2.17 bits per heavy atom. The van der Waals surface area contributed by atoms with Crippen molar-refractivity contribution in [3.63, 3.8) is 0 Å². The summed E-state index contributed by atoms with van der Waals surface area (Å²) in [6.45, 7) is 8.20. The third-order valence-corrected chi connectivity index (χ3v) is 3.41. The highest BCUT2D eigenvalue weighted by atomic mass is 35.5. The van der Waals surface area contributed by atoms with Crippen molar-refractivity contribution in [3.05, 3.63) is 16.4 Å². The molecule has 18 heavy (non-hydrogen) atoms. The van der Waals surface area contributed by atoms with Crippen molar-refractivity contribution in [2.24, 2.45) is 0 Å². The fourth-order valence-electron chi connectivity index (χ4n) is 1.64. The minimum Gasteiger partial charge on any atom is -0.345 e. The molecule has 0 radical (unpaired) electrons. The zero-order chi connectivity index (χ0) is 13.7. The van der Waals surface area contributed by atoms with Crippen molar-refractivity contribution < 1.29 is 4.79 Å². The maximum atomic E-state index is 11.6. The predicted molar refractivity (Wildman–Crippen MR) is 72.7 cm³/mol. The zero-order valence-corrected chi connectivity index (χ0v) is 12.2. The summed E-state index contributed by atoms with van der Waals surface area (Å²) < 4.78 is 1.86. The maximum absolute atomic E-state index is 11.6. The lowest BCUT2D eigenvalue weighted by Gasteiger charge is -2.15. The summed E-state index contributed by atoms with van der Waals surface area (Å²) >= 11 is 6.18. The molecule has 0 aromatic carbocycles. The molecule has 6 heteroatoms. The van der Waals surface area contributed by atoms with Crippen molar-refractivity contribution in [1.82, 2.24) is 20.0 Å². The normalized spacial score (nSPS) is 10.7. The number of carbonyl (C=O) groups is 1. The lowest BCUT2D eigenvalue weighted by molar-refractivity contribution is -0.128. The topological polar surface area (TPSA) is 50.2 Å². The molecule has 1 aromatic rings. The summed E-state index contributed by atoms with van der Waals surface area (Å²) in [5.41, 5.74) is 1.76. The van der Waals surface area contributed by atoms with Crippen LogP contribution < -0.4 is 5.32 Å². The molecule has 0 fully saturated rings. The SMILES string of the molecule is CCN(C)C(=O)CNCc1c(Cl)c(C)nn1CC. The van der Waals surface area contributed by atoms with Gasteiger partial charge < -0.3 is 10.2 Å². The van der Waals surface area contributed by atoms with Gasteiger partial charge in [-0.3, -0.25) is 9.48 Å². The number of carbonyl (C=O) groups excluding carboxylic acids is 1. The van der Waals surface area contributed by atoms with Crippen molar-refractivity contribution in [3.8, 4) is 0 Å². The number of aryl methyl sites for hydroxylation is 2. The molecule has 5 nitrogen and oxygen atoms in total. The van der Waals surface area contributed by atoms with Crippen LogP contribution in [-0.4, -0.2) is 40.7 Å². The fourth-order valence-corrected chi connectivity index (χ4v) is 1.84. The molecule has 1 aromatic heterocycles. The van der Waals surface area contributed by atoms with E-state index in [0.717, 1.165) is 17.9 Å². The Hall–Kier alpha value is -1.07. The van der Waals surface area contributed by atoms with Gasteiger partial charge in [-0.2, -0.15) is 5.10 Å². The Balaban J connectivity index is 2.56. The van der Waals surface area contributed by atoms with Crippen LogP contribution in [0.15, 0.2) is 0 Å². The number of rotatable bonds is 6. The molecule has 0 saturated carbocycles. The lowest BCUT2D eigenvalue weighted by Crippen LogP contribution is -2.35. The molecule has 0 saturated heterocycles. The summed E-state index contributed by atoms with van der Waals surface area (Å²) in [4.78, 5) is 13.3. The van der Waals surface area contributed by atoms with Crippen LogP contribution in [0.25, 0.3) is 0 Å². The molecule has 102 valence electrons. The monoisotopic (exact) mass is 272 g/mol. The molecule has 0 atom stereocenters. The van der Waals surface area contributed by atoms with Gasteiger partial charge in [0, 0.05) is 26.7 Å². The van der Waals surface area contributed by atoms with Crippen LogP contribution in [0, 0.1) is 6.92 Å². The van der Waals surface area contributed by atoms with E-state index in [-0.39, 0.29) is 5.91 Å². The van der Waals surface area contributed by atoms with Gasteiger partial charge in [-0.15, -0.1) is 0 Å². The van der Waals surface area contributed by atoms with Crippen LogP contribution in [0.2, 0.25) is 5.02 Å². The minimum absolute atomic E-state index is 0.0768. The summed E-state index contributed by atoms with van der Waals surface area (Å²) in [7, 11) is 1.79. The largest absolute Gasteiger partial charge is 0.345 e. The van der Waals surface area contributed by atoms with Crippen molar-refractivity contribution in [1.29, 1.82) is 0 Å². The second-order valence-electron chi connectivity index (χ2n) is 4.17. The third-order valence-electron chi connectivity index (χ3n) is 2.92. The first-order valence-corrected chi connectivity index (χ1v) is 6.55. The molecule has 1 amide bonds. The molecule has 0 aliphatic rings.